The van der Waals surface area contributed by atoms with Crippen molar-refractivity contribution in [2.24, 2.45) is 0 Å². The van der Waals surface area contributed by atoms with Crippen LogP contribution < -0.4 is 5.32 Å². The summed E-state index contributed by atoms with van der Waals surface area (Å²) in [7, 11) is 0. The van der Waals surface area contributed by atoms with Crippen LogP contribution in [0.1, 0.15) is 0 Å². The maximum Gasteiger partial charge on any atom is 0.161 e. The molecule has 1 N–H and O–H groups in total. The van der Waals surface area contributed by atoms with Gasteiger partial charge in [-0.1, -0.05) is 0 Å². The van der Waals surface area contributed by atoms with Crippen molar-refractivity contribution in [3.63, 3.8) is 0 Å². The Hall–Kier alpha value is -1.37. The molecule has 0 atom stereocenters. The fraction of sp³-hybridized carbons (Fsp3) is 0. The first kappa shape index (κ1) is 12.7. The number of rotatable bonds is 2. The Labute approximate surface area is 108 Å². The van der Waals surface area contributed by atoms with Crippen molar-refractivity contribution in [1.29, 1.82) is 10.5 Å². The number of nitrogens with zero attached hydrogens (tertiary/aromatic N) is 2. The Morgan fingerprint density at radius 1 is 1.31 bits per heavy atom. The van der Waals surface area contributed by atoms with Crippen molar-refractivity contribution >= 4 is 37.5 Å². The van der Waals surface area contributed by atoms with Crippen LogP contribution in [0.5, 0.6) is 0 Å². The van der Waals surface area contributed by atoms with Crippen LogP contribution in [0.15, 0.2) is 32.9 Å². The van der Waals surface area contributed by atoms with E-state index in [2.05, 4.69) is 37.2 Å². The van der Waals surface area contributed by atoms with Gasteiger partial charge in [-0.2, -0.15) is 10.5 Å². The van der Waals surface area contributed by atoms with E-state index in [0.717, 1.165) is 6.20 Å². The van der Waals surface area contributed by atoms with Crippen LogP contribution in [0.3, 0.4) is 0 Å². The molecule has 80 valence electrons. The molecule has 0 bridgehead atoms. The summed E-state index contributed by atoms with van der Waals surface area (Å²) in [6, 6.07) is 6.46. The van der Waals surface area contributed by atoms with E-state index < -0.39 is 5.82 Å². The topological polar surface area (TPSA) is 59.6 Å². The van der Waals surface area contributed by atoms with Gasteiger partial charge in [-0.3, -0.25) is 0 Å². The van der Waals surface area contributed by atoms with Crippen LogP contribution in [0.4, 0.5) is 10.1 Å². The SMILES string of the molecule is N#CC(C#N)=CNc1ccc(Br)c(Br)c1F. The van der Waals surface area contributed by atoms with Crippen LogP contribution in [-0.2, 0) is 0 Å². The molecule has 0 unspecified atom stereocenters. The maximum atomic E-state index is 13.6. The number of halogens is 3. The monoisotopic (exact) mass is 343 g/mol. The molecular formula is C10H4Br2FN3. The third-order valence-corrected chi connectivity index (χ3v) is 3.62. The number of hydrogen-bond donors (Lipinski definition) is 1. The lowest BCUT2D eigenvalue weighted by Gasteiger charge is -2.05. The molecule has 0 fully saturated rings. The number of hydrogen-bond acceptors (Lipinski definition) is 3. The number of anilines is 1. The molecule has 6 heteroatoms. The molecule has 3 nitrogen and oxygen atoms in total. The summed E-state index contributed by atoms with van der Waals surface area (Å²) in [4.78, 5) is 0. The fourth-order valence-electron chi connectivity index (χ4n) is 0.877. The molecule has 0 aromatic heterocycles. The normalized spacial score (nSPS) is 8.81. The average molecular weight is 345 g/mol. The van der Waals surface area contributed by atoms with Crippen molar-refractivity contribution in [2.75, 3.05) is 5.32 Å². The molecule has 1 rings (SSSR count). The summed E-state index contributed by atoms with van der Waals surface area (Å²) in [5, 5.41) is 19.5. The van der Waals surface area contributed by atoms with Gasteiger partial charge in [-0.25, -0.2) is 4.39 Å². The summed E-state index contributed by atoms with van der Waals surface area (Å²) < 4.78 is 14.4. The van der Waals surface area contributed by atoms with Gasteiger partial charge in [0, 0.05) is 10.7 Å². The second-order valence-corrected chi connectivity index (χ2v) is 4.30. The Bertz CT molecular complexity index is 510. The highest BCUT2D eigenvalue weighted by atomic mass is 79.9. The van der Waals surface area contributed by atoms with E-state index in [-0.39, 0.29) is 15.7 Å². The molecule has 1 aromatic carbocycles. The average Bonchev–Trinajstić information content (AvgIpc) is 2.30. The Kier molecular flexibility index (Phi) is 4.48. The second kappa shape index (κ2) is 5.64. The predicted molar refractivity (Wildman–Crippen MR) is 64.7 cm³/mol. The minimum absolute atomic E-state index is 0.126. The van der Waals surface area contributed by atoms with Crippen LogP contribution in [0.2, 0.25) is 0 Å². The van der Waals surface area contributed by atoms with Crippen molar-refractivity contribution in [2.45, 2.75) is 0 Å². The van der Waals surface area contributed by atoms with Crippen LogP contribution >= 0.6 is 31.9 Å². The van der Waals surface area contributed by atoms with E-state index >= 15 is 0 Å². The van der Waals surface area contributed by atoms with E-state index in [9.17, 15) is 4.39 Å². The first-order valence-electron chi connectivity index (χ1n) is 4.00. The summed E-state index contributed by atoms with van der Waals surface area (Å²) >= 11 is 6.21. The molecule has 0 radical (unpaired) electrons. The van der Waals surface area contributed by atoms with Gasteiger partial charge >= 0.3 is 0 Å². The summed E-state index contributed by atoms with van der Waals surface area (Å²) in [5.41, 5.74) is 0.0523. The first-order valence-corrected chi connectivity index (χ1v) is 5.59. The summed E-state index contributed by atoms with van der Waals surface area (Å²) in [6.07, 6.45) is 1.15. The van der Waals surface area contributed by atoms with Gasteiger partial charge in [-0.05, 0) is 44.0 Å². The lowest BCUT2D eigenvalue weighted by molar-refractivity contribution is 0.624. The molecule has 0 aliphatic carbocycles. The predicted octanol–water partition coefficient (Wildman–Crippen LogP) is 3.69. The minimum atomic E-state index is -0.499. The number of nitrogens with one attached hydrogen (secondary N) is 1. The summed E-state index contributed by atoms with van der Waals surface area (Å²) in [6.45, 7) is 0. The van der Waals surface area contributed by atoms with E-state index in [1.165, 1.54) is 6.07 Å². The third-order valence-electron chi connectivity index (χ3n) is 1.65. The Balaban J connectivity index is 3.02. The lowest BCUT2D eigenvalue weighted by atomic mass is 10.3. The maximum absolute atomic E-state index is 13.6. The fourth-order valence-corrected chi connectivity index (χ4v) is 1.53. The number of benzene rings is 1. The van der Waals surface area contributed by atoms with Crippen molar-refractivity contribution in [3.05, 3.63) is 38.7 Å². The molecule has 0 spiro atoms. The van der Waals surface area contributed by atoms with E-state index in [1.807, 2.05) is 0 Å². The van der Waals surface area contributed by atoms with Gasteiger partial charge in [0.1, 0.15) is 17.7 Å². The number of nitriles is 2. The first-order chi connectivity index (χ1) is 7.60. The van der Waals surface area contributed by atoms with E-state index in [1.54, 1.807) is 18.2 Å². The largest absolute Gasteiger partial charge is 0.357 e. The standard InChI is InChI=1S/C10H4Br2FN3/c11-7-1-2-8(10(13)9(7)12)16-5-6(3-14)4-15/h1-2,5,16H. The minimum Gasteiger partial charge on any atom is -0.357 e. The van der Waals surface area contributed by atoms with Gasteiger partial charge < -0.3 is 5.32 Å². The molecule has 0 saturated carbocycles. The molecule has 0 amide bonds. The highest BCUT2D eigenvalue weighted by Crippen LogP contribution is 2.30. The highest BCUT2D eigenvalue weighted by Gasteiger charge is 2.08. The third kappa shape index (κ3) is 2.82. The van der Waals surface area contributed by atoms with Gasteiger partial charge in [-0.15, -0.1) is 0 Å². The van der Waals surface area contributed by atoms with Gasteiger partial charge in [0.15, 0.2) is 5.82 Å². The molecule has 0 heterocycles. The van der Waals surface area contributed by atoms with Crippen LogP contribution in [0, 0.1) is 28.5 Å². The molecule has 16 heavy (non-hydrogen) atoms. The van der Waals surface area contributed by atoms with Crippen LogP contribution in [0.25, 0.3) is 0 Å². The van der Waals surface area contributed by atoms with Crippen molar-refractivity contribution < 1.29 is 4.39 Å². The molecule has 0 aliphatic rings. The Morgan fingerprint density at radius 2 is 1.94 bits per heavy atom. The molecule has 0 saturated heterocycles. The van der Waals surface area contributed by atoms with E-state index in [0.29, 0.717) is 4.47 Å². The highest BCUT2D eigenvalue weighted by molar-refractivity contribution is 9.13. The zero-order valence-electron chi connectivity index (χ0n) is 7.76. The quantitative estimate of drug-likeness (QED) is 0.657. The van der Waals surface area contributed by atoms with Crippen LogP contribution in [-0.4, -0.2) is 0 Å². The zero-order valence-corrected chi connectivity index (χ0v) is 10.9. The van der Waals surface area contributed by atoms with E-state index in [4.69, 9.17) is 10.5 Å². The second-order valence-electron chi connectivity index (χ2n) is 2.65. The molecular weight excluding hydrogens is 341 g/mol. The Morgan fingerprint density at radius 3 is 2.50 bits per heavy atom. The summed E-state index contributed by atoms with van der Waals surface area (Å²) in [5.74, 6) is -0.499. The number of allylic oxidation sites excluding steroid dienone is 1. The van der Waals surface area contributed by atoms with Crippen molar-refractivity contribution in [1.82, 2.24) is 0 Å². The molecule has 0 aliphatic heterocycles. The zero-order chi connectivity index (χ0) is 12.1. The smallest absolute Gasteiger partial charge is 0.161 e. The van der Waals surface area contributed by atoms with Gasteiger partial charge in [0.25, 0.3) is 0 Å². The van der Waals surface area contributed by atoms with Gasteiger partial charge in [0.2, 0.25) is 0 Å². The van der Waals surface area contributed by atoms with Crippen molar-refractivity contribution in [3.8, 4) is 12.1 Å². The van der Waals surface area contributed by atoms with Gasteiger partial charge in [0.05, 0.1) is 10.2 Å². The molecule has 1 aromatic rings. The lowest BCUT2D eigenvalue weighted by Crippen LogP contribution is -1.94.